The minimum absolute atomic E-state index is 0.0578. The van der Waals surface area contributed by atoms with Crippen molar-refractivity contribution in [2.45, 2.75) is 44.8 Å². The molecule has 8 heteroatoms. The van der Waals surface area contributed by atoms with Gasteiger partial charge in [-0.15, -0.1) is 0 Å². The highest BCUT2D eigenvalue weighted by atomic mass is 28.3. The molecule has 0 spiro atoms. The molecule has 144 valence electrons. The number of esters is 2. The van der Waals surface area contributed by atoms with E-state index in [1.807, 2.05) is 30.3 Å². The molecular formula is C18H27NO6Si. The first-order valence-electron chi connectivity index (χ1n) is 8.42. The molecule has 7 nitrogen and oxygen atoms in total. The van der Waals surface area contributed by atoms with E-state index in [-0.39, 0.29) is 19.6 Å². The second kappa shape index (κ2) is 10.6. The molecule has 0 unspecified atom stereocenters. The number of benzene rings is 1. The van der Waals surface area contributed by atoms with Crippen LogP contribution >= 0.6 is 0 Å². The van der Waals surface area contributed by atoms with Gasteiger partial charge in [0, 0.05) is 8.07 Å². The van der Waals surface area contributed by atoms with Crippen molar-refractivity contribution in [3.63, 3.8) is 0 Å². The van der Waals surface area contributed by atoms with Gasteiger partial charge in [0.25, 0.3) is 0 Å². The van der Waals surface area contributed by atoms with Crippen molar-refractivity contribution < 1.29 is 28.6 Å². The summed E-state index contributed by atoms with van der Waals surface area (Å²) in [6.45, 7) is 6.79. The molecule has 26 heavy (non-hydrogen) atoms. The van der Waals surface area contributed by atoms with E-state index in [0.717, 1.165) is 11.6 Å². The van der Waals surface area contributed by atoms with E-state index in [1.165, 1.54) is 7.11 Å². The Hall–Kier alpha value is -2.35. The highest BCUT2D eigenvalue weighted by molar-refractivity contribution is 6.76. The quantitative estimate of drug-likeness (QED) is 0.402. The lowest BCUT2D eigenvalue weighted by Gasteiger charge is -2.19. The maximum absolute atomic E-state index is 12.2. The molecule has 1 amide bonds. The molecule has 0 aromatic heterocycles. The predicted molar refractivity (Wildman–Crippen MR) is 99.3 cm³/mol. The third-order valence-corrected chi connectivity index (χ3v) is 5.19. The van der Waals surface area contributed by atoms with E-state index in [2.05, 4.69) is 29.7 Å². The fourth-order valence-electron chi connectivity index (χ4n) is 1.91. The van der Waals surface area contributed by atoms with E-state index in [1.54, 1.807) is 0 Å². The van der Waals surface area contributed by atoms with Gasteiger partial charge in [-0.2, -0.15) is 0 Å². The topological polar surface area (TPSA) is 90.9 Å². The Morgan fingerprint density at radius 1 is 1.08 bits per heavy atom. The summed E-state index contributed by atoms with van der Waals surface area (Å²) in [4.78, 5) is 35.7. The highest BCUT2D eigenvalue weighted by Gasteiger charge is 2.27. The Balaban J connectivity index is 2.56. The highest BCUT2D eigenvalue weighted by Crippen LogP contribution is 2.09. The molecule has 0 heterocycles. The van der Waals surface area contributed by atoms with Crippen molar-refractivity contribution in [2.75, 3.05) is 13.7 Å². The molecule has 0 aliphatic rings. The summed E-state index contributed by atoms with van der Waals surface area (Å²) in [6.07, 6.45) is -1.12. The van der Waals surface area contributed by atoms with Gasteiger partial charge in [-0.1, -0.05) is 50.0 Å². The van der Waals surface area contributed by atoms with Crippen LogP contribution in [0, 0.1) is 0 Å². The fourth-order valence-corrected chi connectivity index (χ4v) is 2.62. The standard InChI is InChI=1S/C18H27NO6Si/c1-23-16(20)12-15(17(21)24-10-11-26(2,3)4)19-18(22)25-13-14-8-6-5-7-9-14/h5-9,15H,10-13H2,1-4H3,(H,19,22)/t15-/m0/s1. The molecule has 1 rings (SSSR count). The summed E-state index contributed by atoms with van der Waals surface area (Å²) < 4.78 is 14.9. The number of hydrogen-bond donors (Lipinski definition) is 1. The predicted octanol–water partition coefficient (Wildman–Crippen LogP) is 2.73. The van der Waals surface area contributed by atoms with E-state index < -0.39 is 32.1 Å². The van der Waals surface area contributed by atoms with Crippen molar-refractivity contribution in [3.8, 4) is 0 Å². The van der Waals surface area contributed by atoms with E-state index in [4.69, 9.17) is 9.47 Å². The first-order valence-corrected chi connectivity index (χ1v) is 12.1. The van der Waals surface area contributed by atoms with Crippen LogP contribution in [0.25, 0.3) is 0 Å². The number of rotatable bonds is 9. The Labute approximate surface area is 155 Å². The second-order valence-corrected chi connectivity index (χ2v) is 12.6. The first-order chi connectivity index (χ1) is 12.2. The molecule has 0 aliphatic heterocycles. The molecule has 0 saturated carbocycles. The van der Waals surface area contributed by atoms with Gasteiger partial charge in [0.15, 0.2) is 0 Å². The van der Waals surface area contributed by atoms with Crippen LogP contribution in [0.15, 0.2) is 30.3 Å². The van der Waals surface area contributed by atoms with Gasteiger partial charge in [-0.25, -0.2) is 9.59 Å². The van der Waals surface area contributed by atoms with Gasteiger partial charge in [0.1, 0.15) is 12.6 Å². The summed E-state index contributed by atoms with van der Waals surface area (Å²) in [5, 5.41) is 2.37. The Morgan fingerprint density at radius 3 is 2.31 bits per heavy atom. The molecule has 0 saturated heterocycles. The fraction of sp³-hybridized carbons (Fsp3) is 0.500. The van der Waals surface area contributed by atoms with Crippen molar-refractivity contribution >= 4 is 26.1 Å². The summed E-state index contributed by atoms with van der Waals surface area (Å²) in [5.41, 5.74) is 0.810. The van der Waals surface area contributed by atoms with Crippen molar-refractivity contribution in [2.24, 2.45) is 0 Å². The summed E-state index contributed by atoms with van der Waals surface area (Å²) >= 11 is 0. The maximum Gasteiger partial charge on any atom is 0.408 e. The number of nitrogens with one attached hydrogen (secondary N) is 1. The lowest BCUT2D eigenvalue weighted by molar-refractivity contribution is -0.151. The second-order valence-electron chi connectivity index (χ2n) is 7.02. The molecule has 1 N–H and O–H groups in total. The monoisotopic (exact) mass is 381 g/mol. The number of carbonyl (C=O) groups excluding carboxylic acids is 3. The third kappa shape index (κ3) is 9.21. The normalized spacial score (nSPS) is 12.0. The number of methoxy groups -OCH3 is 1. The zero-order valence-electron chi connectivity index (χ0n) is 15.7. The lowest BCUT2D eigenvalue weighted by Crippen LogP contribution is -2.44. The van der Waals surface area contributed by atoms with Gasteiger partial charge < -0.3 is 19.5 Å². The first kappa shape index (κ1) is 21.7. The number of alkyl carbamates (subject to hydrolysis) is 1. The molecule has 1 aromatic rings. The smallest absolute Gasteiger partial charge is 0.408 e. The van der Waals surface area contributed by atoms with E-state index in [9.17, 15) is 14.4 Å². The summed E-state index contributed by atoms with van der Waals surface area (Å²) in [5.74, 6) is -1.30. The van der Waals surface area contributed by atoms with E-state index >= 15 is 0 Å². The number of carbonyl (C=O) groups is 3. The van der Waals surface area contributed by atoms with Crippen LogP contribution in [-0.2, 0) is 30.4 Å². The van der Waals surface area contributed by atoms with Gasteiger partial charge in [-0.05, 0) is 11.6 Å². The zero-order chi connectivity index (χ0) is 19.6. The summed E-state index contributed by atoms with van der Waals surface area (Å²) in [6, 6.07) is 8.77. The molecule has 0 radical (unpaired) electrons. The molecular weight excluding hydrogens is 354 g/mol. The Bertz CT molecular complexity index is 599. The molecule has 0 aliphatic carbocycles. The lowest BCUT2D eigenvalue weighted by atomic mass is 10.2. The molecule has 0 fully saturated rings. The number of hydrogen-bond acceptors (Lipinski definition) is 6. The van der Waals surface area contributed by atoms with Crippen LogP contribution in [0.3, 0.4) is 0 Å². The third-order valence-electron chi connectivity index (χ3n) is 3.48. The SMILES string of the molecule is COC(=O)C[C@H](NC(=O)OCc1ccccc1)C(=O)OCC[Si](C)(C)C. The molecule has 1 aromatic carbocycles. The Morgan fingerprint density at radius 2 is 1.73 bits per heavy atom. The van der Waals surface area contributed by atoms with Crippen molar-refractivity contribution in [1.82, 2.24) is 5.32 Å². The average molecular weight is 382 g/mol. The van der Waals surface area contributed by atoms with E-state index in [0.29, 0.717) is 0 Å². The van der Waals surface area contributed by atoms with Gasteiger partial charge >= 0.3 is 18.0 Å². The minimum atomic E-state index is -1.36. The average Bonchev–Trinajstić information content (AvgIpc) is 2.59. The largest absolute Gasteiger partial charge is 0.469 e. The van der Waals surface area contributed by atoms with Gasteiger partial charge in [-0.3, -0.25) is 4.79 Å². The number of ether oxygens (including phenoxy) is 3. The zero-order valence-corrected chi connectivity index (χ0v) is 16.7. The molecule has 0 bridgehead atoms. The van der Waals surface area contributed by atoms with Crippen LogP contribution in [0.4, 0.5) is 4.79 Å². The van der Waals surface area contributed by atoms with Crippen LogP contribution in [0.5, 0.6) is 0 Å². The van der Waals surface area contributed by atoms with Gasteiger partial charge in [0.2, 0.25) is 0 Å². The minimum Gasteiger partial charge on any atom is -0.469 e. The maximum atomic E-state index is 12.2. The van der Waals surface area contributed by atoms with Gasteiger partial charge in [0.05, 0.1) is 20.1 Å². The van der Waals surface area contributed by atoms with Crippen LogP contribution in [-0.4, -0.2) is 45.9 Å². The summed E-state index contributed by atoms with van der Waals surface area (Å²) in [7, 11) is -0.149. The van der Waals surface area contributed by atoms with Crippen LogP contribution in [0.2, 0.25) is 25.7 Å². The van der Waals surface area contributed by atoms with Crippen molar-refractivity contribution in [1.29, 1.82) is 0 Å². The molecule has 1 atom stereocenters. The van der Waals surface area contributed by atoms with Crippen molar-refractivity contribution in [3.05, 3.63) is 35.9 Å². The van der Waals surface area contributed by atoms with Crippen LogP contribution < -0.4 is 5.32 Å². The van der Waals surface area contributed by atoms with Crippen LogP contribution in [0.1, 0.15) is 12.0 Å². The number of amides is 1. The Kier molecular flexibility index (Phi) is 8.84.